The monoisotopic (exact) mass is 678 g/mol. The fourth-order valence-corrected chi connectivity index (χ4v) is 5.59. The third kappa shape index (κ3) is 41.2. The van der Waals surface area contributed by atoms with E-state index in [1.807, 2.05) is 0 Å². The third-order valence-corrected chi connectivity index (χ3v) is 8.36. The minimum Gasteiger partial charge on any atom is -1.00 e. The van der Waals surface area contributed by atoms with Crippen molar-refractivity contribution in [2.45, 2.75) is 219 Å². The molecule has 0 spiro atoms. The quantitative estimate of drug-likeness (QED) is 0.0306. The molecule has 0 aromatic rings. The predicted molar refractivity (Wildman–Crippen MR) is 193 cm³/mol. The van der Waals surface area contributed by atoms with Crippen molar-refractivity contribution in [2.24, 2.45) is 0 Å². The van der Waals surface area contributed by atoms with E-state index in [4.69, 9.17) is 0 Å². The smallest absolute Gasteiger partial charge is 1.00 e. The Morgan fingerprint density at radius 2 is 0.523 bits per heavy atom. The molecular weight excluding hydrogens is 605 g/mol. The SMILES string of the molecule is CCCCCCCCCCCCCCCCCC(=O)OC(=O)OC(=O)CCCCCCCCCCCCCCCCC.[Ca+2].[Ca+2].[H-].[H-].[H-].[H-]. The summed E-state index contributed by atoms with van der Waals surface area (Å²) in [6.45, 7) is 4.53. The molecule has 0 heterocycles. The first-order valence-electron chi connectivity index (χ1n) is 18.6. The summed E-state index contributed by atoms with van der Waals surface area (Å²) in [6, 6.07) is 0. The number of esters is 2. The molecule has 0 bridgehead atoms. The van der Waals surface area contributed by atoms with E-state index in [2.05, 4.69) is 23.3 Å². The van der Waals surface area contributed by atoms with Crippen LogP contribution in [-0.4, -0.2) is 93.6 Å². The van der Waals surface area contributed by atoms with Crippen molar-refractivity contribution in [3.05, 3.63) is 0 Å². The van der Waals surface area contributed by atoms with Crippen LogP contribution in [0.5, 0.6) is 0 Å². The normalized spacial score (nSPS) is 10.6. The van der Waals surface area contributed by atoms with E-state index in [9.17, 15) is 14.4 Å². The molecule has 0 unspecified atom stereocenters. The fourth-order valence-electron chi connectivity index (χ4n) is 5.59. The van der Waals surface area contributed by atoms with E-state index >= 15 is 0 Å². The summed E-state index contributed by atoms with van der Waals surface area (Å²) >= 11 is 0. The van der Waals surface area contributed by atoms with E-state index in [1.54, 1.807) is 0 Å². The molecule has 256 valence electrons. The Kier molecular flexibility index (Phi) is 47.4. The number of rotatable bonds is 32. The number of ether oxygens (including phenoxy) is 2. The first-order valence-corrected chi connectivity index (χ1v) is 18.6. The molecule has 0 aromatic heterocycles. The van der Waals surface area contributed by atoms with Crippen LogP contribution in [0.3, 0.4) is 0 Å². The Hall–Kier alpha value is 1.13. The van der Waals surface area contributed by atoms with Crippen LogP contribution in [0, 0.1) is 0 Å². The zero-order valence-electron chi connectivity index (χ0n) is 33.6. The number of hydrogen-bond acceptors (Lipinski definition) is 5. The molecule has 0 N–H and O–H groups in total. The van der Waals surface area contributed by atoms with Gasteiger partial charge < -0.3 is 15.2 Å². The number of carbonyl (C=O) groups excluding carboxylic acids is 3. The van der Waals surface area contributed by atoms with Gasteiger partial charge in [0.1, 0.15) is 0 Å². The van der Waals surface area contributed by atoms with Crippen molar-refractivity contribution in [2.75, 3.05) is 0 Å². The molecule has 0 aromatic carbocycles. The first kappa shape index (κ1) is 49.5. The van der Waals surface area contributed by atoms with Gasteiger partial charge in [0.05, 0.1) is 0 Å². The van der Waals surface area contributed by atoms with Gasteiger partial charge in [0.2, 0.25) is 0 Å². The fraction of sp³-hybridized carbons (Fsp3) is 0.919. The second-order valence-corrected chi connectivity index (χ2v) is 12.6. The van der Waals surface area contributed by atoms with Crippen LogP contribution in [0.25, 0.3) is 0 Å². The van der Waals surface area contributed by atoms with Gasteiger partial charge in [-0.1, -0.05) is 194 Å². The third-order valence-electron chi connectivity index (χ3n) is 8.36. The Balaban J connectivity index is -0.000000560. The largest absolute Gasteiger partial charge is 2.00 e. The second-order valence-electron chi connectivity index (χ2n) is 12.6. The molecule has 0 aliphatic heterocycles. The Morgan fingerprint density at radius 3 is 0.727 bits per heavy atom. The van der Waals surface area contributed by atoms with Gasteiger partial charge in [-0.05, 0) is 12.8 Å². The number of hydrogen-bond donors (Lipinski definition) is 0. The van der Waals surface area contributed by atoms with Crippen molar-refractivity contribution >= 4 is 93.6 Å². The van der Waals surface area contributed by atoms with Gasteiger partial charge in [0, 0.05) is 12.8 Å². The van der Waals surface area contributed by atoms with Gasteiger partial charge in [-0.3, -0.25) is 9.59 Å². The van der Waals surface area contributed by atoms with E-state index in [-0.39, 0.29) is 94.0 Å². The molecule has 5 nitrogen and oxygen atoms in total. The summed E-state index contributed by atoms with van der Waals surface area (Å²) in [7, 11) is 0. The summed E-state index contributed by atoms with van der Waals surface area (Å²) in [6.07, 6.45) is 37.0. The molecule has 7 heteroatoms. The topological polar surface area (TPSA) is 69.7 Å². The van der Waals surface area contributed by atoms with Crippen LogP contribution in [0.4, 0.5) is 4.79 Å². The van der Waals surface area contributed by atoms with Crippen LogP contribution in [0.15, 0.2) is 0 Å². The second kappa shape index (κ2) is 42.2. The van der Waals surface area contributed by atoms with Crippen LogP contribution in [0.1, 0.15) is 225 Å². The molecule has 44 heavy (non-hydrogen) atoms. The Morgan fingerprint density at radius 1 is 0.341 bits per heavy atom. The van der Waals surface area contributed by atoms with Crippen LogP contribution in [-0.2, 0) is 19.1 Å². The first-order chi connectivity index (χ1) is 20.6. The van der Waals surface area contributed by atoms with E-state index < -0.39 is 18.1 Å². The average molecular weight is 679 g/mol. The molecule has 0 aliphatic rings. The summed E-state index contributed by atoms with van der Waals surface area (Å²) in [5.41, 5.74) is 0. The minimum atomic E-state index is -1.17. The molecule has 0 saturated heterocycles. The van der Waals surface area contributed by atoms with E-state index in [1.165, 1.54) is 154 Å². The molecule has 0 rings (SSSR count). The molecule has 0 amide bonds. The van der Waals surface area contributed by atoms with Gasteiger partial charge >= 0.3 is 93.6 Å². The maximum absolute atomic E-state index is 11.8. The van der Waals surface area contributed by atoms with Gasteiger partial charge in [0.25, 0.3) is 0 Å². The van der Waals surface area contributed by atoms with Crippen molar-refractivity contribution < 1.29 is 29.6 Å². The molecule has 0 saturated carbocycles. The Bertz CT molecular complexity index is 585. The van der Waals surface area contributed by atoms with Crippen molar-refractivity contribution in [3.63, 3.8) is 0 Å². The number of carbonyl (C=O) groups is 3. The zero-order valence-corrected chi connectivity index (χ0v) is 34.0. The van der Waals surface area contributed by atoms with Crippen molar-refractivity contribution in [1.82, 2.24) is 0 Å². The van der Waals surface area contributed by atoms with Crippen LogP contribution < -0.4 is 0 Å². The van der Waals surface area contributed by atoms with E-state index in [0.717, 1.165) is 25.7 Å². The summed E-state index contributed by atoms with van der Waals surface area (Å²) < 4.78 is 9.30. The molecular formula is C37H74Ca2O5. The van der Waals surface area contributed by atoms with Gasteiger partial charge in [-0.25, -0.2) is 4.79 Å². The standard InChI is InChI=1S/C37H70O5.2Ca.4H/c1-3-5-7-9-11-13-15-17-19-21-23-25-27-29-31-33-35(38)41-37(40)42-36(39)34-32-30-28-26-24-22-20-18-16-14-12-10-8-6-4-2;;;;;;/h3-34H2,1-2H3;;;;;;/q;2*+2;4*-1. The van der Waals surface area contributed by atoms with Gasteiger partial charge in [-0.2, -0.15) is 0 Å². The number of unbranched alkanes of at least 4 members (excludes halogenated alkanes) is 28. The van der Waals surface area contributed by atoms with Crippen LogP contribution in [0.2, 0.25) is 0 Å². The summed E-state index contributed by atoms with van der Waals surface area (Å²) in [5.74, 6) is -1.20. The minimum absolute atomic E-state index is 0. The molecule has 0 fully saturated rings. The van der Waals surface area contributed by atoms with E-state index in [0.29, 0.717) is 12.8 Å². The maximum atomic E-state index is 11.8. The molecule has 0 atom stereocenters. The predicted octanol–water partition coefficient (Wildman–Crippen LogP) is 12.4. The Labute approximate surface area is 339 Å². The van der Waals surface area contributed by atoms with Crippen molar-refractivity contribution in [1.29, 1.82) is 0 Å². The van der Waals surface area contributed by atoms with Gasteiger partial charge in [0.15, 0.2) is 0 Å². The zero-order chi connectivity index (χ0) is 30.8. The molecule has 0 radical (unpaired) electrons. The van der Waals surface area contributed by atoms with Crippen molar-refractivity contribution in [3.8, 4) is 0 Å². The summed E-state index contributed by atoms with van der Waals surface area (Å²) in [4.78, 5) is 35.4. The maximum Gasteiger partial charge on any atom is 2.00 e. The molecule has 0 aliphatic carbocycles. The van der Waals surface area contributed by atoms with Crippen LogP contribution >= 0.6 is 0 Å². The summed E-state index contributed by atoms with van der Waals surface area (Å²) in [5, 5.41) is 0. The van der Waals surface area contributed by atoms with Gasteiger partial charge in [-0.15, -0.1) is 0 Å². The average Bonchev–Trinajstić information content (AvgIpc) is 2.97.